The predicted molar refractivity (Wildman–Crippen MR) is 130 cm³/mol. The van der Waals surface area contributed by atoms with Gasteiger partial charge in [-0.25, -0.2) is 0 Å². The molecule has 10 heteroatoms. The van der Waals surface area contributed by atoms with Crippen LogP contribution in [0.4, 0.5) is 0 Å². The summed E-state index contributed by atoms with van der Waals surface area (Å²) in [5, 5.41) is 10.1. The number of aliphatic imine (C=N–C) groups is 1. The van der Waals surface area contributed by atoms with Crippen molar-refractivity contribution in [3.8, 4) is 6.07 Å². The molecule has 2 aromatic carbocycles. The number of likely N-dealkylation sites (tertiary alicyclic amines) is 1. The summed E-state index contributed by atoms with van der Waals surface area (Å²) in [7, 11) is -3.74. The minimum atomic E-state index is -3.74. The van der Waals surface area contributed by atoms with Crippen molar-refractivity contribution < 1.29 is 8.42 Å². The number of hydrogen-bond acceptors (Lipinski definition) is 5. The highest BCUT2D eigenvalue weighted by Gasteiger charge is 2.24. The van der Waals surface area contributed by atoms with Crippen LogP contribution in [-0.2, 0) is 23.2 Å². The third kappa shape index (κ3) is 6.49. The fourth-order valence-corrected chi connectivity index (χ4v) is 5.37. The maximum atomic E-state index is 12.3. The van der Waals surface area contributed by atoms with Crippen molar-refractivity contribution >= 4 is 39.2 Å². The number of hydrogen-bond donors (Lipinski definition) is 2. The summed E-state index contributed by atoms with van der Waals surface area (Å²) in [5.41, 5.74) is 3.03. The van der Waals surface area contributed by atoms with Gasteiger partial charge >= 0.3 is 10.2 Å². The zero-order valence-electron chi connectivity index (χ0n) is 17.8. The average Bonchev–Trinajstić information content (AvgIpc) is 2.76. The van der Waals surface area contributed by atoms with Gasteiger partial charge in [0.2, 0.25) is 0 Å². The number of nitriles is 1. The molecule has 2 aliphatic rings. The minimum Gasteiger partial charge on any atom is -0.299 e. The number of benzene rings is 2. The van der Waals surface area contributed by atoms with Crippen molar-refractivity contribution in [3.63, 3.8) is 0 Å². The number of allylic oxidation sites excluding steroid dienone is 1. The van der Waals surface area contributed by atoms with Crippen LogP contribution in [0.2, 0.25) is 10.0 Å². The van der Waals surface area contributed by atoms with E-state index in [1.165, 1.54) is 0 Å². The van der Waals surface area contributed by atoms with Crippen LogP contribution in [0.25, 0.3) is 0 Å². The Hall–Kier alpha value is -2.57. The van der Waals surface area contributed by atoms with E-state index in [1.54, 1.807) is 30.3 Å². The van der Waals surface area contributed by atoms with E-state index in [-0.39, 0.29) is 6.04 Å². The van der Waals surface area contributed by atoms with Crippen LogP contribution in [-0.4, -0.2) is 38.3 Å². The van der Waals surface area contributed by atoms with Crippen molar-refractivity contribution in [2.75, 3.05) is 13.1 Å². The largest absolute Gasteiger partial charge is 0.322 e. The molecule has 2 aromatic rings. The van der Waals surface area contributed by atoms with E-state index in [4.69, 9.17) is 28.5 Å². The Morgan fingerprint density at radius 3 is 2.64 bits per heavy atom. The van der Waals surface area contributed by atoms with Crippen LogP contribution in [0.5, 0.6) is 0 Å². The number of piperidine rings is 1. The van der Waals surface area contributed by atoms with Gasteiger partial charge in [0.05, 0.1) is 17.7 Å². The van der Waals surface area contributed by atoms with Crippen LogP contribution >= 0.6 is 23.2 Å². The Kier molecular flexibility index (Phi) is 7.25. The number of halogens is 2. The molecule has 7 nitrogen and oxygen atoms in total. The standard InChI is InChI=1S/C23H23Cl2N5O2S/c24-19-5-4-18(22(25)12-19)11-21-13-23(29-33(31,32)28-21)27-20-6-8-30(9-7-20)15-17-3-1-2-16(10-17)14-26/h1-5,10,12-13,20,28H,6-9,11,15H2,(H,27,29). The Morgan fingerprint density at radius 2 is 1.91 bits per heavy atom. The Bertz CT molecular complexity index is 1250. The molecule has 0 aliphatic carbocycles. The first-order chi connectivity index (χ1) is 15.8. The number of amidine groups is 1. The van der Waals surface area contributed by atoms with Crippen molar-refractivity contribution in [1.29, 1.82) is 5.26 Å². The second-order valence-corrected chi connectivity index (χ2v) is 10.4. The minimum absolute atomic E-state index is 0.0270. The topological polar surface area (TPSA) is 97.6 Å². The smallest absolute Gasteiger partial charge is 0.299 e. The maximum absolute atomic E-state index is 12.3. The molecule has 2 aliphatic heterocycles. The van der Waals surface area contributed by atoms with Crippen molar-refractivity contribution in [1.82, 2.24) is 14.3 Å². The molecule has 172 valence electrons. The molecular weight excluding hydrogens is 481 g/mol. The molecule has 4 rings (SSSR count). The van der Waals surface area contributed by atoms with Crippen LogP contribution in [0.1, 0.15) is 29.5 Å². The number of nitrogens with zero attached hydrogens (tertiary/aromatic N) is 3. The van der Waals surface area contributed by atoms with E-state index in [2.05, 4.69) is 25.4 Å². The summed E-state index contributed by atoms with van der Waals surface area (Å²) in [5.74, 6) is 0.328. The molecule has 0 aromatic heterocycles. The molecule has 2 heterocycles. The van der Waals surface area contributed by atoms with Gasteiger partial charge in [0.25, 0.3) is 0 Å². The van der Waals surface area contributed by atoms with Crippen molar-refractivity contribution in [2.45, 2.75) is 31.8 Å². The molecule has 2 N–H and O–H groups in total. The lowest BCUT2D eigenvalue weighted by Crippen LogP contribution is -2.45. The molecule has 0 spiro atoms. The van der Waals surface area contributed by atoms with Gasteiger partial charge in [-0.3, -0.25) is 19.3 Å². The summed E-state index contributed by atoms with van der Waals surface area (Å²) in [4.78, 5) is 7.00. The lowest BCUT2D eigenvalue weighted by molar-refractivity contribution is 0.206. The van der Waals surface area contributed by atoms with E-state index in [0.717, 1.165) is 43.6 Å². The number of nitrogens with one attached hydrogen (secondary N) is 2. The molecule has 0 saturated carbocycles. The van der Waals surface area contributed by atoms with Gasteiger partial charge in [-0.1, -0.05) is 41.4 Å². The first-order valence-electron chi connectivity index (χ1n) is 10.5. The van der Waals surface area contributed by atoms with Crippen LogP contribution in [0.15, 0.2) is 59.2 Å². The SMILES string of the molecule is N#Cc1cccc(CN2CCC(N=C3C=C(Cc4ccc(Cl)cc4Cl)NS(=O)(=O)N3)CC2)c1. The van der Waals surface area contributed by atoms with Crippen molar-refractivity contribution in [2.24, 2.45) is 4.99 Å². The van der Waals surface area contributed by atoms with E-state index in [0.29, 0.717) is 33.6 Å². The predicted octanol–water partition coefficient (Wildman–Crippen LogP) is 3.79. The third-order valence-electron chi connectivity index (χ3n) is 5.55. The Labute approximate surface area is 203 Å². The lowest BCUT2D eigenvalue weighted by atomic mass is 10.0. The summed E-state index contributed by atoms with van der Waals surface area (Å²) in [6.07, 6.45) is 3.67. The second-order valence-electron chi connectivity index (χ2n) is 8.12. The van der Waals surface area contributed by atoms with Gasteiger partial charge in [0, 0.05) is 47.9 Å². The molecule has 1 fully saturated rings. The highest BCUT2D eigenvalue weighted by molar-refractivity contribution is 7.88. The van der Waals surface area contributed by atoms with E-state index < -0.39 is 10.2 Å². The molecular formula is C23H23Cl2N5O2S. The molecule has 0 bridgehead atoms. The molecule has 0 unspecified atom stereocenters. The van der Waals surface area contributed by atoms with Crippen LogP contribution in [0.3, 0.4) is 0 Å². The van der Waals surface area contributed by atoms with Gasteiger partial charge in [-0.15, -0.1) is 0 Å². The van der Waals surface area contributed by atoms with Crippen LogP contribution in [0, 0.1) is 11.3 Å². The van der Waals surface area contributed by atoms with E-state index in [1.807, 2.05) is 18.2 Å². The highest BCUT2D eigenvalue weighted by Crippen LogP contribution is 2.24. The first kappa shape index (κ1) is 23.6. The monoisotopic (exact) mass is 503 g/mol. The summed E-state index contributed by atoms with van der Waals surface area (Å²) >= 11 is 12.2. The zero-order valence-corrected chi connectivity index (χ0v) is 20.1. The van der Waals surface area contributed by atoms with Crippen molar-refractivity contribution in [3.05, 3.63) is 81.0 Å². The lowest BCUT2D eigenvalue weighted by Gasteiger charge is -2.31. The first-order valence-corrected chi connectivity index (χ1v) is 12.8. The summed E-state index contributed by atoms with van der Waals surface area (Å²) in [6.45, 7) is 2.47. The molecule has 33 heavy (non-hydrogen) atoms. The summed E-state index contributed by atoms with van der Waals surface area (Å²) < 4.78 is 29.6. The maximum Gasteiger partial charge on any atom is 0.322 e. The van der Waals surface area contributed by atoms with Crippen LogP contribution < -0.4 is 9.44 Å². The van der Waals surface area contributed by atoms with Gasteiger partial charge in [-0.05, 0) is 48.2 Å². The summed E-state index contributed by atoms with van der Waals surface area (Å²) in [6, 6.07) is 15.0. The Morgan fingerprint density at radius 1 is 1.12 bits per heavy atom. The van der Waals surface area contributed by atoms with E-state index >= 15 is 0 Å². The fourth-order valence-electron chi connectivity index (χ4n) is 3.98. The highest BCUT2D eigenvalue weighted by atomic mass is 35.5. The molecule has 0 amide bonds. The normalized spacial score (nSPS) is 19.9. The fraction of sp³-hybridized carbons (Fsp3) is 0.304. The van der Waals surface area contributed by atoms with Gasteiger partial charge in [0.1, 0.15) is 5.84 Å². The Balaban J connectivity index is 1.41. The average molecular weight is 504 g/mol. The van der Waals surface area contributed by atoms with Gasteiger partial charge in [-0.2, -0.15) is 13.7 Å². The number of rotatable bonds is 5. The third-order valence-corrected chi connectivity index (χ3v) is 7.15. The molecule has 0 atom stereocenters. The quantitative estimate of drug-likeness (QED) is 0.648. The van der Waals surface area contributed by atoms with Gasteiger partial charge < -0.3 is 0 Å². The van der Waals surface area contributed by atoms with Gasteiger partial charge in [0.15, 0.2) is 0 Å². The second kappa shape index (κ2) is 10.1. The molecule has 1 saturated heterocycles. The zero-order chi connectivity index (χ0) is 23.4. The molecule has 0 radical (unpaired) electrons. The van der Waals surface area contributed by atoms with E-state index in [9.17, 15) is 8.42 Å².